The van der Waals surface area contributed by atoms with Crippen LogP contribution in [0, 0.1) is 11.7 Å². The minimum atomic E-state index is -0.194. The fraction of sp³-hybridized carbons (Fsp3) is 0.250. The van der Waals surface area contributed by atoms with Gasteiger partial charge in [0.15, 0.2) is 0 Å². The summed E-state index contributed by atoms with van der Waals surface area (Å²) in [6, 6.07) is 12.7. The van der Waals surface area contributed by atoms with Crippen molar-refractivity contribution in [2.75, 3.05) is 5.33 Å². The van der Waals surface area contributed by atoms with Gasteiger partial charge < -0.3 is 0 Å². The van der Waals surface area contributed by atoms with E-state index in [9.17, 15) is 4.39 Å². The van der Waals surface area contributed by atoms with E-state index in [1.165, 1.54) is 12.1 Å². The van der Waals surface area contributed by atoms with Crippen LogP contribution in [-0.2, 0) is 12.8 Å². The molecule has 0 spiro atoms. The number of hydrogen-bond donors (Lipinski definition) is 0. The van der Waals surface area contributed by atoms with Gasteiger partial charge in [0.1, 0.15) is 5.82 Å². The fourth-order valence-corrected chi connectivity index (χ4v) is 3.34. The maximum absolute atomic E-state index is 12.9. The third-order valence-electron chi connectivity index (χ3n) is 3.18. The van der Waals surface area contributed by atoms with Crippen molar-refractivity contribution in [1.29, 1.82) is 0 Å². The molecule has 1 unspecified atom stereocenters. The summed E-state index contributed by atoms with van der Waals surface area (Å²) < 4.78 is 13.9. The van der Waals surface area contributed by atoms with E-state index in [0.29, 0.717) is 5.92 Å². The summed E-state index contributed by atoms with van der Waals surface area (Å²) in [7, 11) is 0. The quantitative estimate of drug-likeness (QED) is 0.518. The highest BCUT2D eigenvalue weighted by molar-refractivity contribution is 9.10. The SMILES string of the molecule is Fc1ccc(CC(CBr)Cc2ccc(Br)cc2Cl)cc1. The van der Waals surface area contributed by atoms with Crippen LogP contribution >= 0.6 is 43.5 Å². The first-order valence-corrected chi connectivity index (χ1v) is 8.62. The van der Waals surface area contributed by atoms with E-state index in [0.717, 1.165) is 38.8 Å². The van der Waals surface area contributed by atoms with Crippen molar-refractivity contribution in [2.45, 2.75) is 12.8 Å². The topological polar surface area (TPSA) is 0 Å². The maximum atomic E-state index is 12.9. The Balaban J connectivity index is 2.07. The van der Waals surface area contributed by atoms with Crippen molar-refractivity contribution in [3.8, 4) is 0 Å². The van der Waals surface area contributed by atoms with Crippen molar-refractivity contribution in [2.24, 2.45) is 5.92 Å². The molecule has 0 bridgehead atoms. The van der Waals surface area contributed by atoms with Crippen LogP contribution in [0.1, 0.15) is 11.1 Å². The van der Waals surface area contributed by atoms with Crippen molar-refractivity contribution >= 4 is 43.5 Å². The first-order chi connectivity index (χ1) is 9.58. The van der Waals surface area contributed by atoms with Crippen LogP contribution in [-0.4, -0.2) is 5.33 Å². The van der Waals surface area contributed by atoms with E-state index in [4.69, 9.17) is 11.6 Å². The number of halogens is 4. The van der Waals surface area contributed by atoms with Gasteiger partial charge in [0.25, 0.3) is 0 Å². The Hall–Kier alpha value is -0.380. The Morgan fingerprint density at radius 1 is 1.05 bits per heavy atom. The van der Waals surface area contributed by atoms with E-state index in [-0.39, 0.29) is 5.82 Å². The van der Waals surface area contributed by atoms with Gasteiger partial charge in [-0.15, -0.1) is 0 Å². The molecule has 0 saturated carbocycles. The Labute approximate surface area is 140 Å². The molecular weight excluding hydrogens is 406 g/mol. The van der Waals surface area contributed by atoms with Gasteiger partial charge in [0, 0.05) is 14.8 Å². The molecule has 2 aromatic carbocycles. The van der Waals surface area contributed by atoms with Crippen LogP contribution in [0.25, 0.3) is 0 Å². The monoisotopic (exact) mass is 418 g/mol. The molecule has 0 nitrogen and oxygen atoms in total. The van der Waals surface area contributed by atoms with Gasteiger partial charge in [0.2, 0.25) is 0 Å². The molecule has 0 amide bonds. The van der Waals surface area contributed by atoms with Crippen molar-refractivity contribution in [3.05, 3.63) is 68.9 Å². The minimum absolute atomic E-state index is 0.194. The maximum Gasteiger partial charge on any atom is 0.123 e. The highest BCUT2D eigenvalue weighted by atomic mass is 79.9. The largest absolute Gasteiger partial charge is 0.207 e. The average molecular weight is 421 g/mol. The summed E-state index contributed by atoms with van der Waals surface area (Å²) in [6.07, 6.45) is 1.80. The van der Waals surface area contributed by atoms with E-state index < -0.39 is 0 Å². The van der Waals surface area contributed by atoms with Crippen LogP contribution in [0.15, 0.2) is 46.9 Å². The van der Waals surface area contributed by atoms with Gasteiger partial charge in [0.05, 0.1) is 0 Å². The molecule has 2 aromatic rings. The predicted molar refractivity (Wildman–Crippen MR) is 90.2 cm³/mol. The third-order valence-corrected chi connectivity index (χ3v) is 4.94. The zero-order chi connectivity index (χ0) is 14.5. The summed E-state index contributed by atoms with van der Waals surface area (Å²) in [4.78, 5) is 0. The smallest absolute Gasteiger partial charge is 0.123 e. The minimum Gasteiger partial charge on any atom is -0.207 e. The van der Waals surface area contributed by atoms with Gasteiger partial charge in [-0.3, -0.25) is 0 Å². The number of rotatable bonds is 5. The van der Waals surface area contributed by atoms with Gasteiger partial charge in [-0.2, -0.15) is 0 Å². The molecular formula is C16H14Br2ClF. The molecule has 2 rings (SSSR count). The molecule has 0 saturated heterocycles. The lowest BCUT2D eigenvalue weighted by molar-refractivity contribution is 0.587. The lowest BCUT2D eigenvalue weighted by Gasteiger charge is -2.15. The van der Waals surface area contributed by atoms with Crippen molar-refractivity contribution in [1.82, 2.24) is 0 Å². The van der Waals surface area contributed by atoms with Crippen LogP contribution in [0.5, 0.6) is 0 Å². The Kier molecular flexibility index (Phi) is 6.06. The van der Waals surface area contributed by atoms with E-state index >= 15 is 0 Å². The number of alkyl halides is 1. The highest BCUT2D eigenvalue weighted by Gasteiger charge is 2.12. The summed E-state index contributed by atoms with van der Waals surface area (Å²) in [5.41, 5.74) is 2.28. The zero-order valence-corrected chi connectivity index (χ0v) is 14.7. The first kappa shape index (κ1) is 16.0. The molecule has 0 fully saturated rings. The van der Waals surface area contributed by atoms with Crippen LogP contribution in [0.3, 0.4) is 0 Å². The fourth-order valence-electron chi connectivity index (χ4n) is 2.13. The number of hydrogen-bond acceptors (Lipinski definition) is 0. The molecule has 1 atom stereocenters. The lowest BCUT2D eigenvalue weighted by atomic mass is 9.94. The molecule has 106 valence electrons. The standard InChI is InChI=1S/C16H14Br2ClF/c17-10-12(7-11-1-5-15(20)6-2-11)8-13-3-4-14(18)9-16(13)19/h1-6,9,12H,7-8,10H2. The van der Waals surface area contributed by atoms with Gasteiger partial charge in [-0.1, -0.05) is 61.7 Å². The van der Waals surface area contributed by atoms with E-state index in [1.807, 2.05) is 30.3 Å². The molecule has 0 aliphatic heterocycles. The average Bonchev–Trinajstić information content (AvgIpc) is 2.43. The molecule has 0 N–H and O–H groups in total. The molecule has 0 radical (unpaired) electrons. The van der Waals surface area contributed by atoms with Crippen molar-refractivity contribution in [3.63, 3.8) is 0 Å². The van der Waals surface area contributed by atoms with Gasteiger partial charge in [-0.25, -0.2) is 4.39 Å². The lowest BCUT2D eigenvalue weighted by Crippen LogP contribution is -2.10. The highest BCUT2D eigenvalue weighted by Crippen LogP contribution is 2.25. The second-order valence-corrected chi connectivity index (χ2v) is 6.76. The molecule has 0 aromatic heterocycles. The summed E-state index contributed by atoms with van der Waals surface area (Å²) in [6.45, 7) is 0. The van der Waals surface area contributed by atoms with Crippen LogP contribution in [0.4, 0.5) is 4.39 Å². The molecule has 4 heteroatoms. The summed E-state index contributed by atoms with van der Waals surface area (Å²) >= 11 is 13.2. The van der Waals surface area contributed by atoms with E-state index in [1.54, 1.807) is 0 Å². The Bertz CT molecular complexity index is 569. The number of benzene rings is 2. The van der Waals surface area contributed by atoms with Crippen LogP contribution in [0.2, 0.25) is 5.02 Å². The normalized spacial score (nSPS) is 12.4. The van der Waals surface area contributed by atoms with Gasteiger partial charge in [-0.05, 0) is 54.2 Å². The molecule has 0 aliphatic rings. The molecule has 20 heavy (non-hydrogen) atoms. The predicted octanol–water partition coefficient (Wildman–Crippen LogP) is 6.04. The van der Waals surface area contributed by atoms with E-state index in [2.05, 4.69) is 31.9 Å². The molecule has 0 heterocycles. The van der Waals surface area contributed by atoms with Crippen molar-refractivity contribution < 1.29 is 4.39 Å². The Morgan fingerprint density at radius 2 is 1.75 bits per heavy atom. The summed E-state index contributed by atoms with van der Waals surface area (Å²) in [5.74, 6) is 0.235. The second-order valence-electron chi connectivity index (χ2n) is 4.79. The van der Waals surface area contributed by atoms with Crippen LogP contribution < -0.4 is 0 Å². The summed E-state index contributed by atoms with van der Waals surface area (Å²) in [5, 5.41) is 1.67. The second kappa shape index (κ2) is 7.58. The zero-order valence-electron chi connectivity index (χ0n) is 10.8. The Morgan fingerprint density at radius 3 is 2.35 bits per heavy atom. The third kappa shape index (κ3) is 4.57. The van der Waals surface area contributed by atoms with Gasteiger partial charge >= 0.3 is 0 Å². The first-order valence-electron chi connectivity index (χ1n) is 6.33. The molecule has 0 aliphatic carbocycles.